The number of nitrogens with two attached hydrogens (primary N) is 1. The molecule has 0 aliphatic heterocycles. The molecule has 1 aromatic carbocycles. The lowest BCUT2D eigenvalue weighted by molar-refractivity contribution is 0.290. The Kier molecular flexibility index (Phi) is 5.74. The highest BCUT2D eigenvalue weighted by Crippen LogP contribution is 2.46. The number of ether oxygens (including phenoxy) is 3. The van der Waals surface area contributed by atoms with Crippen LogP contribution in [0.5, 0.6) is 17.2 Å². The van der Waals surface area contributed by atoms with E-state index in [1.165, 1.54) is 32.1 Å². The van der Waals surface area contributed by atoms with E-state index >= 15 is 0 Å². The first-order valence-electron chi connectivity index (χ1n) is 7.75. The van der Waals surface area contributed by atoms with E-state index in [9.17, 15) is 0 Å². The fourth-order valence-electron chi connectivity index (χ4n) is 3.53. The maximum absolute atomic E-state index is 6.09. The SMILES string of the molecule is COc1ccc(C(CN)C2CCCCC2)c(OC)c1OC. The first-order chi connectivity index (χ1) is 10.3. The standard InChI is InChI=1S/C17H27NO3/c1-19-15-10-9-13(16(20-2)17(15)21-3)14(11-18)12-7-5-4-6-8-12/h9-10,12,14H,4-8,11,18H2,1-3H3. The maximum Gasteiger partial charge on any atom is 0.203 e. The minimum Gasteiger partial charge on any atom is -0.493 e. The van der Waals surface area contributed by atoms with Gasteiger partial charge in [0.2, 0.25) is 5.75 Å². The van der Waals surface area contributed by atoms with Crippen LogP contribution >= 0.6 is 0 Å². The van der Waals surface area contributed by atoms with E-state index in [0.717, 1.165) is 11.3 Å². The van der Waals surface area contributed by atoms with Gasteiger partial charge in [0.05, 0.1) is 21.3 Å². The summed E-state index contributed by atoms with van der Waals surface area (Å²) in [6.45, 7) is 0.635. The third-order valence-electron chi connectivity index (χ3n) is 4.61. The van der Waals surface area contributed by atoms with Crippen molar-refractivity contribution < 1.29 is 14.2 Å². The first-order valence-corrected chi connectivity index (χ1v) is 7.75. The average molecular weight is 293 g/mol. The molecule has 0 heterocycles. The molecular formula is C17H27NO3. The summed E-state index contributed by atoms with van der Waals surface area (Å²) in [7, 11) is 4.95. The molecule has 0 spiro atoms. The molecule has 21 heavy (non-hydrogen) atoms. The summed E-state index contributed by atoms with van der Waals surface area (Å²) >= 11 is 0. The Hall–Kier alpha value is -1.42. The van der Waals surface area contributed by atoms with Gasteiger partial charge in [-0.1, -0.05) is 25.3 Å². The Bertz CT molecular complexity index is 456. The van der Waals surface area contributed by atoms with Gasteiger partial charge in [-0.25, -0.2) is 0 Å². The monoisotopic (exact) mass is 293 g/mol. The third kappa shape index (κ3) is 3.26. The highest BCUT2D eigenvalue weighted by molar-refractivity contribution is 5.57. The zero-order chi connectivity index (χ0) is 15.2. The largest absolute Gasteiger partial charge is 0.493 e. The molecule has 0 aromatic heterocycles. The van der Waals surface area contributed by atoms with E-state index in [-0.39, 0.29) is 0 Å². The molecule has 1 unspecified atom stereocenters. The Balaban J connectivity index is 2.40. The maximum atomic E-state index is 6.09. The Morgan fingerprint density at radius 1 is 1.00 bits per heavy atom. The summed E-state index contributed by atoms with van der Waals surface area (Å²) in [5.41, 5.74) is 7.24. The molecule has 118 valence electrons. The van der Waals surface area contributed by atoms with Crippen molar-refractivity contribution in [1.82, 2.24) is 0 Å². The van der Waals surface area contributed by atoms with E-state index in [1.54, 1.807) is 21.3 Å². The predicted molar refractivity (Wildman–Crippen MR) is 84.5 cm³/mol. The molecule has 1 aliphatic rings. The molecule has 1 aromatic rings. The van der Waals surface area contributed by atoms with Crippen LogP contribution < -0.4 is 19.9 Å². The fourth-order valence-corrected chi connectivity index (χ4v) is 3.53. The van der Waals surface area contributed by atoms with Gasteiger partial charge in [-0.15, -0.1) is 0 Å². The fraction of sp³-hybridized carbons (Fsp3) is 0.647. The van der Waals surface area contributed by atoms with Crippen molar-refractivity contribution in [3.63, 3.8) is 0 Å². The summed E-state index contributed by atoms with van der Waals surface area (Å²) in [5.74, 6) is 3.07. The van der Waals surface area contributed by atoms with Crippen molar-refractivity contribution >= 4 is 0 Å². The highest BCUT2D eigenvalue weighted by atomic mass is 16.5. The quantitative estimate of drug-likeness (QED) is 0.874. The number of benzene rings is 1. The van der Waals surface area contributed by atoms with Gasteiger partial charge in [-0.2, -0.15) is 0 Å². The Morgan fingerprint density at radius 3 is 2.19 bits per heavy atom. The van der Waals surface area contributed by atoms with Crippen LogP contribution in [0, 0.1) is 5.92 Å². The number of rotatable bonds is 6. The lowest BCUT2D eigenvalue weighted by Gasteiger charge is -2.31. The minimum atomic E-state index is 0.319. The lowest BCUT2D eigenvalue weighted by Crippen LogP contribution is -2.24. The van der Waals surface area contributed by atoms with Crippen LogP contribution in [0.15, 0.2) is 12.1 Å². The van der Waals surface area contributed by atoms with Gasteiger partial charge in [0.1, 0.15) is 0 Å². The molecule has 4 nitrogen and oxygen atoms in total. The smallest absolute Gasteiger partial charge is 0.203 e. The summed E-state index contributed by atoms with van der Waals surface area (Å²) in [6.07, 6.45) is 6.45. The van der Waals surface area contributed by atoms with Crippen LogP contribution in [0.4, 0.5) is 0 Å². The van der Waals surface area contributed by atoms with Crippen LogP contribution in [0.25, 0.3) is 0 Å². The summed E-state index contributed by atoms with van der Waals surface area (Å²) in [4.78, 5) is 0. The van der Waals surface area contributed by atoms with Gasteiger partial charge in [0.15, 0.2) is 11.5 Å². The van der Waals surface area contributed by atoms with E-state index in [1.807, 2.05) is 6.07 Å². The highest BCUT2D eigenvalue weighted by Gasteiger charge is 2.28. The van der Waals surface area contributed by atoms with Crippen LogP contribution in [0.1, 0.15) is 43.6 Å². The van der Waals surface area contributed by atoms with Crippen molar-refractivity contribution in [1.29, 1.82) is 0 Å². The van der Waals surface area contributed by atoms with Crippen LogP contribution in [0.3, 0.4) is 0 Å². The van der Waals surface area contributed by atoms with E-state index in [4.69, 9.17) is 19.9 Å². The number of hydrogen-bond donors (Lipinski definition) is 1. The minimum absolute atomic E-state index is 0.319. The van der Waals surface area contributed by atoms with Crippen molar-refractivity contribution in [3.8, 4) is 17.2 Å². The molecule has 0 bridgehead atoms. The second kappa shape index (κ2) is 7.55. The zero-order valence-corrected chi connectivity index (χ0v) is 13.4. The second-order valence-electron chi connectivity index (χ2n) is 5.66. The van der Waals surface area contributed by atoms with Gasteiger partial charge in [-0.05, 0) is 31.4 Å². The second-order valence-corrected chi connectivity index (χ2v) is 5.66. The van der Waals surface area contributed by atoms with Gasteiger partial charge >= 0.3 is 0 Å². The average Bonchev–Trinajstić information content (AvgIpc) is 2.55. The normalized spacial score (nSPS) is 17.3. The van der Waals surface area contributed by atoms with Gasteiger partial charge < -0.3 is 19.9 Å². The van der Waals surface area contributed by atoms with Crippen molar-refractivity contribution in [3.05, 3.63) is 17.7 Å². The van der Waals surface area contributed by atoms with Crippen LogP contribution in [-0.4, -0.2) is 27.9 Å². The van der Waals surface area contributed by atoms with Crippen molar-refractivity contribution in [2.75, 3.05) is 27.9 Å². The van der Waals surface area contributed by atoms with Gasteiger partial charge in [-0.3, -0.25) is 0 Å². The van der Waals surface area contributed by atoms with E-state index in [2.05, 4.69) is 6.07 Å². The Labute approximate surface area is 127 Å². The molecule has 4 heteroatoms. The topological polar surface area (TPSA) is 53.7 Å². The third-order valence-corrected chi connectivity index (χ3v) is 4.61. The van der Waals surface area contributed by atoms with Gasteiger partial charge in [0.25, 0.3) is 0 Å². The summed E-state index contributed by atoms with van der Waals surface area (Å²) in [6, 6.07) is 4.02. The lowest BCUT2D eigenvalue weighted by atomic mass is 9.76. The van der Waals surface area contributed by atoms with Crippen molar-refractivity contribution in [2.24, 2.45) is 11.7 Å². The zero-order valence-electron chi connectivity index (χ0n) is 13.4. The van der Waals surface area contributed by atoms with Gasteiger partial charge in [0, 0.05) is 11.5 Å². The molecule has 0 radical (unpaired) electrons. The molecule has 0 saturated heterocycles. The molecule has 0 amide bonds. The predicted octanol–water partition coefficient (Wildman–Crippen LogP) is 3.34. The molecule has 1 saturated carbocycles. The molecule has 1 aliphatic carbocycles. The van der Waals surface area contributed by atoms with E-state index in [0.29, 0.717) is 29.9 Å². The van der Waals surface area contributed by atoms with Crippen molar-refractivity contribution in [2.45, 2.75) is 38.0 Å². The number of hydrogen-bond acceptors (Lipinski definition) is 4. The molecule has 2 N–H and O–H groups in total. The summed E-state index contributed by atoms with van der Waals surface area (Å²) < 4.78 is 16.5. The first kappa shape index (κ1) is 16.0. The molecule has 1 atom stereocenters. The van der Waals surface area contributed by atoms with Crippen LogP contribution in [0.2, 0.25) is 0 Å². The molecule has 1 fully saturated rings. The Morgan fingerprint density at radius 2 is 1.67 bits per heavy atom. The molecule has 2 rings (SSSR count). The number of methoxy groups -OCH3 is 3. The van der Waals surface area contributed by atoms with Crippen LogP contribution in [-0.2, 0) is 0 Å². The molecular weight excluding hydrogens is 266 g/mol. The summed E-state index contributed by atoms with van der Waals surface area (Å²) in [5, 5.41) is 0. The van der Waals surface area contributed by atoms with E-state index < -0.39 is 0 Å².